The summed E-state index contributed by atoms with van der Waals surface area (Å²) in [5.41, 5.74) is 2.55. The Morgan fingerprint density at radius 2 is 1.82 bits per heavy atom. The number of amides is 1. The number of carbonyl (C=O) groups is 1. The van der Waals surface area contributed by atoms with E-state index in [1.165, 1.54) is 11.3 Å². The lowest BCUT2D eigenvalue weighted by Gasteiger charge is -2.37. The molecule has 0 bridgehead atoms. The summed E-state index contributed by atoms with van der Waals surface area (Å²) in [7, 11) is 0. The highest BCUT2D eigenvalue weighted by atomic mass is 16.2. The fraction of sp³-hybridized carbons (Fsp3) is 0.577. The Kier molecular flexibility index (Phi) is 8.02. The van der Waals surface area contributed by atoms with Crippen LogP contribution in [0, 0.1) is 12.8 Å². The van der Waals surface area contributed by atoms with E-state index in [0.29, 0.717) is 18.2 Å². The molecular formula is C26H38N6O. The predicted molar refractivity (Wildman–Crippen MR) is 135 cm³/mol. The summed E-state index contributed by atoms with van der Waals surface area (Å²) in [6.07, 6.45) is 6.64. The molecule has 0 aliphatic carbocycles. The third-order valence-corrected chi connectivity index (χ3v) is 6.91. The van der Waals surface area contributed by atoms with Crippen LogP contribution >= 0.6 is 0 Å². The monoisotopic (exact) mass is 450 g/mol. The van der Waals surface area contributed by atoms with Gasteiger partial charge in [0.15, 0.2) is 0 Å². The molecule has 2 aliphatic rings. The van der Waals surface area contributed by atoms with Crippen molar-refractivity contribution in [3.8, 4) is 0 Å². The second-order valence-electron chi connectivity index (χ2n) is 9.36. The number of anilines is 3. The standard InChI is InChI=1S/C26H38N6O/c1-3-11-27-24-19-25(29-20-28-24)31-12-9-22(10-13-31)7-8-26(33)32-16-14-30(15-17-32)23-6-4-5-21(2)18-23/h4-6,18-20,22H,3,7-17H2,1-2H3,(H,27,28,29). The van der Waals surface area contributed by atoms with Gasteiger partial charge < -0.3 is 20.0 Å². The van der Waals surface area contributed by atoms with Gasteiger partial charge in [-0.1, -0.05) is 19.1 Å². The molecule has 1 aromatic carbocycles. The van der Waals surface area contributed by atoms with Gasteiger partial charge in [0, 0.05) is 64.0 Å². The Labute approximate surface area is 198 Å². The quantitative estimate of drug-likeness (QED) is 0.657. The van der Waals surface area contributed by atoms with E-state index >= 15 is 0 Å². The van der Waals surface area contributed by atoms with Crippen LogP contribution in [0.15, 0.2) is 36.7 Å². The van der Waals surface area contributed by atoms with Crippen molar-refractivity contribution in [2.24, 2.45) is 5.92 Å². The zero-order valence-corrected chi connectivity index (χ0v) is 20.2. The molecule has 1 amide bonds. The number of piperidine rings is 1. The van der Waals surface area contributed by atoms with E-state index in [9.17, 15) is 4.79 Å². The molecule has 1 aromatic heterocycles. The summed E-state index contributed by atoms with van der Waals surface area (Å²) >= 11 is 0. The Morgan fingerprint density at radius 1 is 1.03 bits per heavy atom. The van der Waals surface area contributed by atoms with E-state index in [1.54, 1.807) is 6.33 Å². The SMILES string of the molecule is CCCNc1cc(N2CCC(CCC(=O)N3CCN(c4cccc(C)c4)CC3)CC2)ncn1. The number of hydrogen-bond donors (Lipinski definition) is 1. The number of piperazine rings is 1. The largest absolute Gasteiger partial charge is 0.370 e. The van der Waals surface area contributed by atoms with Crippen molar-refractivity contribution in [3.63, 3.8) is 0 Å². The minimum atomic E-state index is 0.323. The summed E-state index contributed by atoms with van der Waals surface area (Å²) < 4.78 is 0. The van der Waals surface area contributed by atoms with Crippen LogP contribution in [-0.4, -0.2) is 66.6 Å². The number of aromatic nitrogens is 2. The lowest BCUT2D eigenvalue weighted by molar-refractivity contribution is -0.131. The second-order valence-corrected chi connectivity index (χ2v) is 9.36. The number of rotatable bonds is 8. The van der Waals surface area contributed by atoms with Crippen molar-refractivity contribution in [3.05, 3.63) is 42.2 Å². The Bertz CT molecular complexity index is 903. The zero-order valence-electron chi connectivity index (χ0n) is 20.2. The highest BCUT2D eigenvalue weighted by Crippen LogP contribution is 2.26. The van der Waals surface area contributed by atoms with Gasteiger partial charge in [-0.2, -0.15) is 0 Å². The summed E-state index contributed by atoms with van der Waals surface area (Å²) in [6.45, 7) is 10.7. The molecular weight excluding hydrogens is 412 g/mol. The average Bonchev–Trinajstić information content (AvgIpc) is 2.86. The Balaban J connectivity index is 1.18. The highest BCUT2D eigenvalue weighted by Gasteiger charge is 2.24. The van der Waals surface area contributed by atoms with Crippen LogP contribution in [0.25, 0.3) is 0 Å². The first-order valence-corrected chi connectivity index (χ1v) is 12.5. The minimum absolute atomic E-state index is 0.323. The van der Waals surface area contributed by atoms with E-state index in [1.807, 2.05) is 0 Å². The molecule has 0 atom stereocenters. The molecule has 2 aliphatic heterocycles. The van der Waals surface area contributed by atoms with Crippen LogP contribution in [-0.2, 0) is 4.79 Å². The van der Waals surface area contributed by atoms with E-state index in [2.05, 4.69) is 74.2 Å². The maximum Gasteiger partial charge on any atom is 0.222 e. The fourth-order valence-electron chi connectivity index (χ4n) is 4.84. The third-order valence-electron chi connectivity index (χ3n) is 6.91. The highest BCUT2D eigenvalue weighted by molar-refractivity contribution is 5.76. The molecule has 2 saturated heterocycles. The summed E-state index contributed by atoms with van der Waals surface area (Å²) in [6, 6.07) is 10.7. The van der Waals surface area contributed by atoms with Gasteiger partial charge in [0.05, 0.1) is 0 Å². The lowest BCUT2D eigenvalue weighted by Crippen LogP contribution is -2.48. The normalized spacial score (nSPS) is 17.3. The van der Waals surface area contributed by atoms with Crippen molar-refractivity contribution in [2.45, 2.75) is 46.0 Å². The summed E-state index contributed by atoms with van der Waals surface area (Å²) in [5, 5.41) is 3.34. The van der Waals surface area contributed by atoms with Gasteiger partial charge >= 0.3 is 0 Å². The molecule has 0 saturated carbocycles. The number of carbonyl (C=O) groups excluding carboxylic acids is 1. The van der Waals surface area contributed by atoms with Crippen molar-refractivity contribution in [1.82, 2.24) is 14.9 Å². The number of hydrogen-bond acceptors (Lipinski definition) is 6. The predicted octanol–water partition coefficient (Wildman–Crippen LogP) is 3.95. The third kappa shape index (κ3) is 6.36. The molecule has 7 heteroatoms. The maximum absolute atomic E-state index is 12.8. The summed E-state index contributed by atoms with van der Waals surface area (Å²) in [4.78, 5) is 28.4. The van der Waals surface area contributed by atoms with Gasteiger partial charge in [0.2, 0.25) is 5.91 Å². The van der Waals surface area contributed by atoms with Gasteiger partial charge in [-0.3, -0.25) is 4.79 Å². The van der Waals surface area contributed by atoms with Crippen LogP contribution in [0.3, 0.4) is 0 Å². The van der Waals surface area contributed by atoms with E-state index < -0.39 is 0 Å². The van der Waals surface area contributed by atoms with Gasteiger partial charge in [-0.25, -0.2) is 9.97 Å². The molecule has 1 N–H and O–H groups in total. The first kappa shape index (κ1) is 23.3. The summed E-state index contributed by atoms with van der Waals surface area (Å²) in [5.74, 6) is 2.85. The van der Waals surface area contributed by atoms with Crippen LogP contribution < -0.4 is 15.1 Å². The Hall–Kier alpha value is -2.83. The second kappa shape index (κ2) is 11.3. The van der Waals surface area contributed by atoms with Gasteiger partial charge in [-0.05, 0) is 56.2 Å². The van der Waals surface area contributed by atoms with Crippen molar-refractivity contribution >= 4 is 23.2 Å². The van der Waals surface area contributed by atoms with Crippen LogP contribution in [0.1, 0.15) is 44.6 Å². The van der Waals surface area contributed by atoms with E-state index in [0.717, 1.165) is 83.1 Å². The molecule has 178 valence electrons. The van der Waals surface area contributed by atoms with Crippen molar-refractivity contribution in [1.29, 1.82) is 0 Å². The number of nitrogens with one attached hydrogen (secondary N) is 1. The molecule has 2 fully saturated rings. The van der Waals surface area contributed by atoms with Crippen molar-refractivity contribution < 1.29 is 4.79 Å². The Morgan fingerprint density at radius 3 is 2.55 bits per heavy atom. The fourth-order valence-corrected chi connectivity index (χ4v) is 4.84. The average molecular weight is 451 g/mol. The van der Waals surface area contributed by atoms with Gasteiger partial charge in [0.25, 0.3) is 0 Å². The van der Waals surface area contributed by atoms with Crippen LogP contribution in [0.2, 0.25) is 0 Å². The first-order chi connectivity index (χ1) is 16.1. The molecule has 3 heterocycles. The van der Waals surface area contributed by atoms with Crippen LogP contribution in [0.4, 0.5) is 17.3 Å². The van der Waals surface area contributed by atoms with E-state index in [4.69, 9.17) is 0 Å². The molecule has 33 heavy (non-hydrogen) atoms. The molecule has 2 aromatic rings. The van der Waals surface area contributed by atoms with Crippen LogP contribution in [0.5, 0.6) is 0 Å². The minimum Gasteiger partial charge on any atom is -0.370 e. The number of aryl methyl sites for hydroxylation is 1. The van der Waals surface area contributed by atoms with Crippen molar-refractivity contribution in [2.75, 3.05) is 60.9 Å². The van der Waals surface area contributed by atoms with Gasteiger partial charge in [0.1, 0.15) is 18.0 Å². The van der Waals surface area contributed by atoms with Gasteiger partial charge in [-0.15, -0.1) is 0 Å². The molecule has 7 nitrogen and oxygen atoms in total. The van der Waals surface area contributed by atoms with E-state index in [-0.39, 0.29) is 0 Å². The molecule has 0 spiro atoms. The molecule has 0 unspecified atom stereocenters. The lowest BCUT2D eigenvalue weighted by atomic mass is 9.92. The zero-order chi connectivity index (χ0) is 23.0. The maximum atomic E-state index is 12.8. The molecule has 4 rings (SSSR count). The number of benzene rings is 1. The number of nitrogens with zero attached hydrogens (tertiary/aromatic N) is 5. The molecule has 0 radical (unpaired) electrons. The topological polar surface area (TPSA) is 64.6 Å². The first-order valence-electron chi connectivity index (χ1n) is 12.5. The smallest absolute Gasteiger partial charge is 0.222 e.